The number of rotatable bonds is 6. The fourth-order valence-corrected chi connectivity index (χ4v) is 3.59. The summed E-state index contributed by atoms with van der Waals surface area (Å²) in [6.07, 6.45) is 4.90. The lowest BCUT2D eigenvalue weighted by molar-refractivity contribution is 0.0595. The molecule has 0 bridgehead atoms. The van der Waals surface area contributed by atoms with Crippen LogP contribution >= 0.6 is 0 Å². The number of fused-ring (bicyclic) bond motifs is 1. The summed E-state index contributed by atoms with van der Waals surface area (Å²) in [7, 11) is 2.92. The Labute approximate surface area is 152 Å². The minimum atomic E-state index is -0.417. The smallest absolute Gasteiger partial charge is 0.341 e. The predicted molar refractivity (Wildman–Crippen MR) is 94.0 cm³/mol. The third-order valence-electron chi connectivity index (χ3n) is 5.19. The molecule has 26 heavy (non-hydrogen) atoms. The molecule has 0 radical (unpaired) electrons. The second kappa shape index (κ2) is 6.68. The summed E-state index contributed by atoms with van der Waals surface area (Å²) in [6.45, 7) is 4.88. The van der Waals surface area contributed by atoms with Gasteiger partial charge in [-0.25, -0.2) is 14.8 Å². The van der Waals surface area contributed by atoms with E-state index in [2.05, 4.69) is 20.0 Å². The molecule has 2 aromatic heterocycles. The number of methoxy groups -OCH3 is 2. The van der Waals surface area contributed by atoms with Gasteiger partial charge in [0.15, 0.2) is 0 Å². The van der Waals surface area contributed by atoms with Crippen molar-refractivity contribution in [3.63, 3.8) is 0 Å². The molecule has 2 aromatic rings. The zero-order valence-electron chi connectivity index (χ0n) is 15.3. The lowest BCUT2D eigenvalue weighted by Gasteiger charge is -2.18. The van der Waals surface area contributed by atoms with Crippen LogP contribution in [0.1, 0.15) is 33.7 Å². The third-order valence-corrected chi connectivity index (χ3v) is 5.19. The molecule has 0 spiro atoms. The quantitative estimate of drug-likeness (QED) is 0.723. The van der Waals surface area contributed by atoms with E-state index in [-0.39, 0.29) is 6.61 Å². The van der Waals surface area contributed by atoms with E-state index in [0.29, 0.717) is 17.8 Å². The Hall–Kier alpha value is -2.48. The molecule has 1 saturated carbocycles. The molecule has 1 aliphatic carbocycles. The van der Waals surface area contributed by atoms with Gasteiger partial charge in [-0.3, -0.25) is 4.68 Å². The third kappa shape index (κ3) is 3.16. The number of nitrogens with zero attached hydrogens (tertiary/aromatic N) is 5. The molecule has 8 nitrogen and oxygen atoms in total. The van der Waals surface area contributed by atoms with Gasteiger partial charge < -0.3 is 14.4 Å². The molecular weight excluding hydrogens is 334 g/mol. The van der Waals surface area contributed by atoms with Crippen LogP contribution in [0.3, 0.4) is 0 Å². The monoisotopic (exact) mass is 357 g/mol. The van der Waals surface area contributed by atoms with Gasteiger partial charge >= 0.3 is 5.97 Å². The van der Waals surface area contributed by atoms with Crippen LogP contribution in [0.25, 0.3) is 0 Å². The first kappa shape index (κ1) is 17.0. The lowest BCUT2D eigenvalue weighted by Crippen LogP contribution is -2.24. The van der Waals surface area contributed by atoms with Gasteiger partial charge in [0.1, 0.15) is 11.3 Å². The van der Waals surface area contributed by atoms with Gasteiger partial charge in [-0.1, -0.05) is 0 Å². The largest absolute Gasteiger partial charge is 0.465 e. The fourth-order valence-electron chi connectivity index (χ4n) is 3.59. The number of hydrogen-bond acceptors (Lipinski definition) is 7. The molecular formula is C18H23N5O3. The summed E-state index contributed by atoms with van der Waals surface area (Å²) in [5.74, 6) is 2.09. The number of anilines is 1. The highest BCUT2D eigenvalue weighted by Crippen LogP contribution is 2.45. The van der Waals surface area contributed by atoms with E-state index in [1.807, 2.05) is 13.1 Å². The topological polar surface area (TPSA) is 82.4 Å². The Balaban J connectivity index is 1.52. The molecule has 138 valence electrons. The Morgan fingerprint density at radius 3 is 2.73 bits per heavy atom. The highest BCUT2D eigenvalue weighted by Gasteiger charge is 2.45. The summed E-state index contributed by atoms with van der Waals surface area (Å²) in [6, 6.07) is 0. The van der Waals surface area contributed by atoms with Crippen molar-refractivity contribution >= 4 is 11.9 Å². The number of aromatic nitrogens is 4. The summed E-state index contributed by atoms with van der Waals surface area (Å²) in [4.78, 5) is 23.4. The van der Waals surface area contributed by atoms with Gasteiger partial charge in [0.05, 0.1) is 20.3 Å². The molecule has 0 aromatic carbocycles. The number of ether oxygens (including phenoxy) is 2. The van der Waals surface area contributed by atoms with E-state index < -0.39 is 5.97 Å². The zero-order chi connectivity index (χ0) is 18.3. The van der Waals surface area contributed by atoms with Gasteiger partial charge in [-0.15, -0.1) is 0 Å². The van der Waals surface area contributed by atoms with E-state index in [1.165, 1.54) is 13.5 Å². The SMILES string of the molecule is COCc1nn(Cc2cnc(N3CC4CC4C3)nc2C)cc1C(=O)OC. The van der Waals surface area contributed by atoms with Crippen LogP contribution in [-0.4, -0.2) is 53.0 Å². The zero-order valence-corrected chi connectivity index (χ0v) is 15.3. The van der Waals surface area contributed by atoms with Crippen LogP contribution in [0.5, 0.6) is 0 Å². The Bertz CT molecular complexity index is 824. The van der Waals surface area contributed by atoms with Crippen LogP contribution < -0.4 is 4.90 Å². The van der Waals surface area contributed by atoms with E-state index in [9.17, 15) is 4.79 Å². The van der Waals surface area contributed by atoms with Crippen molar-refractivity contribution in [2.75, 3.05) is 32.2 Å². The standard InChI is InChI=1S/C18H23N5O3/c1-11-14(5-19-18(20-11)22-6-12-4-13(12)7-22)8-23-9-15(17(24)26-3)16(21-23)10-25-2/h5,9,12-13H,4,6-8,10H2,1-3H3. The maximum atomic E-state index is 11.9. The van der Waals surface area contributed by atoms with E-state index in [0.717, 1.165) is 42.1 Å². The minimum Gasteiger partial charge on any atom is -0.465 e. The Kier molecular flexibility index (Phi) is 4.36. The number of piperidine rings is 1. The molecule has 4 rings (SSSR count). The second-order valence-corrected chi connectivity index (χ2v) is 7.05. The number of carbonyl (C=O) groups is 1. The highest BCUT2D eigenvalue weighted by atomic mass is 16.5. The molecule has 0 N–H and O–H groups in total. The molecule has 0 amide bonds. The fraction of sp³-hybridized carbons (Fsp3) is 0.556. The molecule has 2 aliphatic rings. The van der Waals surface area contributed by atoms with Crippen molar-refractivity contribution in [3.05, 3.63) is 34.9 Å². The van der Waals surface area contributed by atoms with Crippen LogP contribution in [0.2, 0.25) is 0 Å². The molecule has 3 heterocycles. The summed E-state index contributed by atoms with van der Waals surface area (Å²) >= 11 is 0. The predicted octanol–water partition coefficient (Wildman–Crippen LogP) is 1.42. The van der Waals surface area contributed by atoms with Crippen molar-refractivity contribution in [1.29, 1.82) is 0 Å². The average molecular weight is 357 g/mol. The Morgan fingerprint density at radius 1 is 1.31 bits per heavy atom. The normalized spacial score (nSPS) is 21.0. The van der Waals surface area contributed by atoms with Gasteiger partial charge in [0, 0.05) is 43.9 Å². The summed E-state index contributed by atoms with van der Waals surface area (Å²) < 4.78 is 11.6. The maximum absolute atomic E-state index is 11.9. The molecule has 8 heteroatoms. The minimum absolute atomic E-state index is 0.253. The van der Waals surface area contributed by atoms with Crippen molar-refractivity contribution < 1.29 is 14.3 Å². The number of aryl methyl sites for hydroxylation is 1. The highest BCUT2D eigenvalue weighted by molar-refractivity contribution is 5.90. The van der Waals surface area contributed by atoms with E-state index in [4.69, 9.17) is 9.47 Å². The van der Waals surface area contributed by atoms with Crippen LogP contribution in [0, 0.1) is 18.8 Å². The number of esters is 1. The molecule has 1 aliphatic heterocycles. The van der Waals surface area contributed by atoms with E-state index in [1.54, 1.807) is 18.0 Å². The molecule has 2 fully saturated rings. The Morgan fingerprint density at radius 2 is 2.08 bits per heavy atom. The van der Waals surface area contributed by atoms with Crippen LogP contribution in [0.15, 0.2) is 12.4 Å². The van der Waals surface area contributed by atoms with Crippen molar-refractivity contribution in [2.24, 2.45) is 11.8 Å². The first-order valence-corrected chi connectivity index (χ1v) is 8.80. The second-order valence-electron chi connectivity index (χ2n) is 7.05. The molecule has 2 unspecified atom stereocenters. The summed E-state index contributed by atoms with van der Waals surface area (Å²) in [5, 5.41) is 4.45. The van der Waals surface area contributed by atoms with Gasteiger partial charge in [-0.05, 0) is 25.2 Å². The van der Waals surface area contributed by atoms with Gasteiger partial charge in [0.2, 0.25) is 5.95 Å². The van der Waals surface area contributed by atoms with E-state index >= 15 is 0 Å². The molecule has 2 atom stereocenters. The number of carbonyl (C=O) groups excluding carboxylic acids is 1. The maximum Gasteiger partial charge on any atom is 0.341 e. The van der Waals surface area contributed by atoms with Gasteiger partial charge in [0.25, 0.3) is 0 Å². The van der Waals surface area contributed by atoms with Crippen molar-refractivity contribution in [2.45, 2.75) is 26.5 Å². The first-order chi connectivity index (χ1) is 12.6. The first-order valence-electron chi connectivity index (χ1n) is 8.80. The average Bonchev–Trinajstić information content (AvgIpc) is 3.05. The van der Waals surface area contributed by atoms with Crippen molar-refractivity contribution in [1.82, 2.24) is 19.7 Å². The van der Waals surface area contributed by atoms with Crippen LogP contribution in [-0.2, 0) is 22.6 Å². The summed E-state index contributed by atoms with van der Waals surface area (Å²) in [5.41, 5.74) is 2.88. The van der Waals surface area contributed by atoms with Gasteiger partial charge in [-0.2, -0.15) is 5.10 Å². The number of hydrogen-bond donors (Lipinski definition) is 0. The van der Waals surface area contributed by atoms with Crippen LogP contribution in [0.4, 0.5) is 5.95 Å². The molecule has 1 saturated heterocycles. The lowest BCUT2D eigenvalue weighted by atomic mass is 10.2. The van der Waals surface area contributed by atoms with Crippen molar-refractivity contribution in [3.8, 4) is 0 Å².